The minimum Gasteiger partial charge on any atom is -0.398 e. The third-order valence-corrected chi connectivity index (χ3v) is 4.92. The number of likely N-dealkylation sites (tertiary alicyclic amines) is 1. The normalized spacial score (nSPS) is 23.2. The van der Waals surface area contributed by atoms with Crippen LogP contribution in [0.2, 0.25) is 0 Å². The number of benzene rings is 1. The molecule has 3 heterocycles. The van der Waals surface area contributed by atoms with Crippen molar-refractivity contribution in [2.45, 2.75) is 25.3 Å². The van der Waals surface area contributed by atoms with E-state index >= 15 is 0 Å². The number of nitrogens with zero attached hydrogens (tertiary/aromatic N) is 3. The highest BCUT2D eigenvalue weighted by Gasteiger charge is 2.30. The van der Waals surface area contributed by atoms with E-state index in [-0.39, 0.29) is 0 Å². The first-order valence-electron chi connectivity index (χ1n) is 7.95. The Balaban J connectivity index is 1.65. The fourth-order valence-corrected chi connectivity index (χ4v) is 3.82. The largest absolute Gasteiger partial charge is 0.398 e. The molecule has 1 atom stereocenters. The third kappa shape index (κ3) is 2.23. The molecule has 4 rings (SSSR count). The van der Waals surface area contributed by atoms with Crippen molar-refractivity contribution in [3.8, 4) is 0 Å². The monoisotopic (exact) mass is 282 g/mol. The van der Waals surface area contributed by atoms with Crippen molar-refractivity contribution in [2.75, 3.05) is 36.8 Å². The summed E-state index contributed by atoms with van der Waals surface area (Å²) in [7, 11) is 0. The summed E-state index contributed by atoms with van der Waals surface area (Å²) in [6.45, 7) is 4.70. The molecule has 110 valence electrons. The summed E-state index contributed by atoms with van der Waals surface area (Å²) in [5, 5.41) is 2.30. The van der Waals surface area contributed by atoms with Crippen LogP contribution in [0.5, 0.6) is 0 Å². The van der Waals surface area contributed by atoms with Crippen LogP contribution in [0.1, 0.15) is 19.3 Å². The maximum absolute atomic E-state index is 6.20. The van der Waals surface area contributed by atoms with Crippen molar-refractivity contribution in [2.24, 2.45) is 0 Å². The zero-order valence-corrected chi connectivity index (χ0v) is 12.3. The zero-order chi connectivity index (χ0) is 14.2. The molecule has 2 aliphatic heterocycles. The average molecular weight is 282 g/mol. The minimum atomic E-state index is 0.689. The molecule has 1 unspecified atom stereocenters. The lowest BCUT2D eigenvalue weighted by Crippen LogP contribution is -2.35. The van der Waals surface area contributed by atoms with Gasteiger partial charge < -0.3 is 10.6 Å². The molecule has 2 fully saturated rings. The number of anilines is 2. The van der Waals surface area contributed by atoms with Crippen LogP contribution in [0.4, 0.5) is 11.5 Å². The van der Waals surface area contributed by atoms with Crippen LogP contribution in [0.3, 0.4) is 0 Å². The lowest BCUT2D eigenvalue weighted by atomic mass is 10.1. The first-order chi connectivity index (χ1) is 10.3. The molecule has 0 amide bonds. The van der Waals surface area contributed by atoms with E-state index in [0.29, 0.717) is 6.04 Å². The standard InChI is InChI=1S/C17H22N4/c18-15-5-3-4-13-6-8-19-17(16(13)15)21-11-7-14(12-21)20-9-1-2-10-20/h3-6,8,14H,1-2,7,9-12,18H2. The Morgan fingerprint density at radius 2 is 1.95 bits per heavy atom. The Kier molecular flexibility index (Phi) is 3.19. The van der Waals surface area contributed by atoms with Gasteiger partial charge in [-0.3, -0.25) is 4.90 Å². The van der Waals surface area contributed by atoms with E-state index in [9.17, 15) is 0 Å². The highest BCUT2D eigenvalue weighted by Crippen LogP contribution is 2.32. The van der Waals surface area contributed by atoms with Gasteiger partial charge in [0.15, 0.2) is 0 Å². The average Bonchev–Trinajstić information content (AvgIpc) is 3.18. The minimum absolute atomic E-state index is 0.689. The van der Waals surface area contributed by atoms with Crippen molar-refractivity contribution in [1.82, 2.24) is 9.88 Å². The van der Waals surface area contributed by atoms with Crippen molar-refractivity contribution in [3.05, 3.63) is 30.5 Å². The fourth-order valence-electron chi connectivity index (χ4n) is 3.82. The number of hydrogen-bond acceptors (Lipinski definition) is 4. The van der Waals surface area contributed by atoms with Crippen molar-refractivity contribution in [1.29, 1.82) is 0 Å². The van der Waals surface area contributed by atoms with E-state index in [2.05, 4.69) is 20.9 Å². The number of fused-ring (bicyclic) bond motifs is 1. The molecule has 1 aromatic carbocycles. The summed E-state index contributed by atoms with van der Waals surface area (Å²) in [6, 6.07) is 8.84. The quantitative estimate of drug-likeness (QED) is 0.860. The van der Waals surface area contributed by atoms with Crippen LogP contribution in [-0.4, -0.2) is 42.1 Å². The second-order valence-electron chi connectivity index (χ2n) is 6.21. The van der Waals surface area contributed by atoms with E-state index < -0.39 is 0 Å². The van der Waals surface area contributed by atoms with Crippen LogP contribution in [0.25, 0.3) is 10.8 Å². The maximum atomic E-state index is 6.20. The Hall–Kier alpha value is -1.81. The van der Waals surface area contributed by atoms with Gasteiger partial charge in [-0.2, -0.15) is 0 Å². The molecule has 0 saturated carbocycles. The highest BCUT2D eigenvalue weighted by atomic mass is 15.3. The molecular weight excluding hydrogens is 260 g/mol. The van der Waals surface area contributed by atoms with Crippen molar-refractivity contribution >= 4 is 22.3 Å². The van der Waals surface area contributed by atoms with Gasteiger partial charge in [0.05, 0.1) is 0 Å². The van der Waals surface area contributed by atoms with Gasteiger partial charge in [0.25, 0.3) is 0 Å². The number of nitrogens with two attached hydrogens (primary N) is 1. The van der Waals surface area contributed by atoms with E-state index in [0.717, 1.165) is 30.0 Å². The lowest BCUT2D eigenvalue weighted by Gasteiger charge is -2.24. The molecule has 2 saturated heterocycles. The number of pyridine rings is 1. The van der Waals surface area contributed by atoms with Gasteiger partial charge in [-0.15, -0.1) is 0 Å². The van der Waals surface area contributed by atoms with Crippen LogP contribution < -0.4 is 10.6 Å². The topological polar surface area (TPSA) is 45.4 Å². The zero-order valence-electron chi connectivity index (χ0n) is 12.3. The van der Waals surface area contributed by atoms with Crippen LogP contribution in [0.15, 0.2) is 30.5 Å². The van der Waals surface area contributed by atoms with Gasteiger partial charge in [0, 0.05) is 36.4 Å². The number of nitrogen functional groups attached to an aromatic ring is 1. The molecule has 4 heteroatoms. The molecule has 4 nitrogen and oxygen atoms in total. The number of rotatable bonds is 2. The first-order valence-corrected chi connectivity index (χ1v) is 7.95. The van der Waals surface area contributed by atoms with Crippen molar-refractivity contribution in [3.63, 3.8) is 0 Å². The predicted molar refractivity (Wildman–Crippen MR) is 87.6 cm³/mol. The summed E-state index contributed by atoms with van der Waals surface area (Å²) >= 11 is 0. The summed E-state index contributed by atoms with van der Waals surface area (Å²) < 4.78 is 0. The first kappa shape index (κ1) is 12.9. The number of hydrogen-bond donors (Lipinski definition) is 1. The molecule has 2 N–H and O–H groups in total. The Labute approximate surface area is 125 Å². The molecular formula is C17H22N4. The molecule has 0 bridgehead atoms. The van der Waals surface area contributed by atoms with Gasteiger partial charge in [0.2, 0.25) is 0 Å². The Bertz CT molecular complexity index is 643. The summed E-state index contributed by atoms with van der Waals surface area (Å²) in [5.41, 5.74) is 7.04. The van der Waals surface area contributed by atoms with Gasteiger partial charge in [0.1, 0.15) is 5.82 Å². The smallest absolute Gasteiger partial charge is 0.138 e. The predicted octanol–water partition coefficient (Wildman–Crippen LogP) is 2.49. The molecule has 2 aromatic rings. The van der Waals surface area contributed by atoms with Gasteiger partial charge >= 0.3 is 0 Å². The SMILES string of the molecule is Nc1cccc2ccnc(N3CCC(N4CCCC4)C3)c12. The van der Waals surface area contributed by atoms with Crippen LogP contribution >= 0.6 is 0 Å². The van der Waals surface area contributed by atoms with Gasteiger partial charge in [-0.05, 0) is 49.9 Å². The Morgan fingerprint density at radius 3 is 2.81 bits per heavy atom. The van der Waals surface area contributed by atoms with Gasteiger partial charge in [-0.1, -0.05) is 12.1 Å². The summed E-state index contributed by atoms with van der Waals surface area (Å²) in [6.07, 6.45) is 5.86. The third-order valence-electron chi connectivity index (χ3n) is 4.92. The summed E-state index contributed by atoms with van der Waals surface area (Å²) in [5.74, 6) is 1.06. The molecule has 2 aliphatic rings. The van der Waals surface area contributed by atoms with E-state index in [4.69, 9.17) is 5.73 Å². The molecule has 21 heavy (non-hydrogen) atoms. The van der Waals surface area contributed by atoms with Crippen LogP contribution in [-0.2, 0) is 0 Å². The summed E-state index contributed by atoms with van der Waals surface area (Å²) in [4.78, 5) is 9.70. The second-order valence-corrected chi connectivity index (χ2v) is 6.21. The van der Waals surface area contributed by atoms with E-state index in [1.54, 1.807) is 0 Å². The Morgan fingerprint density at radius 1 is 1.10 bits per heavy atom. The molecule has 0 spiro atoms. The van der Waals surface area contributed by atoms with Crippen molar-refractivity contribution < 1.29 is 0 Å². The van der Waals surface area contributed by atoms with Gasteiger partial charge in [-0.25, -0.2) is 4.98 Å². The van der Waals surface area contributed by atoms with Crippen LogP contribution in [0, 0.1) is 0 Å². The van der Waals surface area contributed by atoms with E-state index in [1.807, 2.05) is 24.4 Å². The second kappa shape index (κ2) is 5.19. The molecule has 0 aliphatic carbocycles. The molecule has 1 aromatic heterocycles. The molecule has 0 radical (unpaired) electrons. The lowest BCUT2D eigenvalue weighted by molar-refractivity contribution is 0.260. The fraction of sp³-hybridized carbons (Fsp3) is 0.471. The highest BCUT2D eigenvalue weighted by molar-refractivity contribution is 6.01. The maximum Gasteiger partial charge on any atom is 0.138 e. The number of aromatic nitrogens is 1. The van der Waals surface area contributed by atoms with E-state index in [1.165, 1.54) is 37.7 Å².